The van der Waals surface area contributed by atoms with Crippen LogP contribution in [0.1, 0.15) is 73.9 Å². The third-order valence-electron chi connectivity index (χ3n) is 10.7. The van der Waals surface area contributed by atoms with Crippen molar-refractivity contribution in [2.45, 2.75) is 58.8 Å². The second-order valence-electron chi connectivity index (χ2n) is 13.7. The number of nitrogens with two attached hydrogens (primary N) is 1. The van der Waals surface area contributed by atoms with E-state index in [-0.39, 0.29) is 48.3 Å². The van der Waals surface area contributed by atoms with Crippen LogP contribution >= 0.6 is 0 Å². The standard InChI is InChI=1S/C39H48FN7O/c1-8-31-26(4)35(41)36(31)43-23-30-20-29(10-9-11-32(30)40)22-44-37(48)33-21-34(47(7)19-18-42-28(6)46-33)27(5)45-24-38-12-15-39(16-13-38,17-14-38)25(2)3/h1,9-10,18-21,31,43,45H,2,4-5,11-17,22-24,41H2,3,6-7H3,(H,44,48). The summed E-state index contributed by atoms with van der Waals surface area (Å²) in [5.41, 5.74) is 12.6. The number of nitrogens with one attached hydrogen (secondary N) is 3. The van der Waals surface area contributed by atoms with Crippen LogP contribution < -0.4 is 21.7 Å². The third kappa shape index (κ3) is 7.18. The van der Waals surface area contributed by atoms with E-state index in [2.05, 4.69) is 58.5 Å². The first-order chi connectivity index (χ1) is 22.9. The van der Waals surface area contributed by atoms with Gasteiger partial charge in [0, 0.05) is 51.1 Å². The van der Waals surface area contributed by atoms with Crippen molar-refractivity contribution >= 4 is 11.6 Å². The van der Waals surface area contributed by atoms with Gasteiger partial charge in [-0.05, 0) is 86.5 Å². The molecule has 0 aromatic carbocycles. The van der Waals surface area contributed by atoms with Gasteiger partial charge in [-0.15, -0.1) is 6.42 Å². The van der Waals surface area contributed by atoms with E-state index in [0.29, 0.717) is 45.2 Å². The molecule has 3 saturated carbocycles. The molecule has 5 N–H and O–H groups in total. The molecule has 9 heteroatoms. The average Bonchev–Trinajstić information content (AvgIpc) is 3.21. The molecule has 1 unspecified atom stereocenters. The maximum Gasteiger partial charge on any atom is 0.270 e. The van der Waals surface area contributed by atoms with Crippen molar-refractivity contribution < 1.29 is 9.18 Å². The lowest BCUT2D eigenvalue weighted by atomic mass is 9.52. The number of carbonyl (C=O) groups is 1. The minimum atomic E-state index is -0.384. The maximum atomic E-state index is 15.0. The molecule has 1 atom stereocenters. The number of nitrogens with zero attached hydrogens (tertiary/aromatic N) is 3. The van der Waals surface area contributed by atoms with Crippen molar-refractivity contribution in [2.75, 3.05) is 19.6 Å². The number of hydrogen-bond donors (Lipinski definition) is 4. The van der Waals surface area contributed by atoms with E-state index < -0.39 is 0 Å². The molecule has 0 radical (unpaired) electrons. The average molecular weight is 650 g/mol. The number of aryl methyl sites for hydroxylation is 2. The van der Waals surface area contributed by atoms with Crippen LogP contribution in [0, 0.1) is 36.0 Å². The van der Waals surface area contributed by atoms with Crippen LogP contribution in [0.3, 0.4) is 0 Å². The van der Waals surface area contributed by atoms with Crippen molar-refractivity contribution in [3.63, 3.8) is 0 Å². The van der Waals surface area contributed by atoms with Crippen molar-refractivity contribution in [3.8, 4) is 12.3 Å². The van der Waals surface area contributed by atoms with Gasteiger partial charge in [-0.3, -0.25) is 4.79 Å². The van der Waals surface area contributed by atoms with Crippen LogP contribution in [0.4, 0.5) is 4.39 Å². The molecule has 0 spiro atoms. The molecule has 8 nitrogen and oxygen atoms in total. The zero-order chi connectivity index (χ0) is 34.6. The molecule has 5 aliphatic rings. The summed E-state index contributed by atoms with van der Waals surface area (Å²) in [5, 5.41) is 9.76. The summed E-state index contributed by atoms with van der Waals surface area (Å²) in [5.74, 6) is 2.14. The number of aromatic nitrogens is 3. The Kier molecular flexibility index (Phi) is 10.1. The van der Waals surface area contributed by atoms with Gasteiger partial charge in [-0.25, -0.2) is 14.4 Å². The highest BCUT2D eigenvalue weighted by Gasteiger charge is 2.48. The van der Waals surface area contributed by atoms with E-state index in [1.54, 1.807) is 31.3 Å². The highest BCUT2D eigenvalue weighted by atomic mass is 19.1. The molecule has 1 aromatic heterocycles. The number of allylic oxidation sites excluding steroid dienone is 5. The highest BCUT2D eigenvalue weighted by Crippen LogP contribution is 2.59. The van der Waals surface area contributed by atoms with E-state index in [0.717, 1.165) is 12.1 Å². The first-order valence-corrected chi connectivity index (χ1v) is 16.6. The van der Waals surface area contributed by atoms with Crippen molar-refractivity contribution in [1.82, 2.24) is 30.5 Å². The quantitative estimate of drug-likeness (QED) is 0.169. The van der Waals surface area contributed by atoms with E-state index in [1.165, 1.54) is 44.1 Å². The number of terminal acetylenes is 1. The molecular weight excluding hydrogens is 601 g/mol. The van der Waals surface area contributed by atoms with Gasteiger partial charge < -0.3 is 26.3 Å². The Hall–Kier alpha value is -4.84. The maximum absolute atomic E-state index is 15.0. The molecule has 6 rings (SSSR count). The molecule has 3 fully saturated rings. The lowest BCUT2D eigenvalue weighted by Crippen LogP contribution is -2.46. The van der Waals surface area contributed by atoms with Gasteiger partial charge in [0.1, 0.15) is 17.3 Å². The highest BCUT2D eigenvalue weighted by molar-refractivity contribution is 5.93. The summed E-state index contributed by atoms with van der Waals surface area (Å²) in [6.07, 6.45) is 21.6. The predicted octanol–water partition coefficient (Wildman–Crippen LogP) is 6.14. The number of fused-ring (bicyclic) bond motifs is 3. The lowest BCUT2D eigenvalue weighted by molar-refractivity contribution is 0.0179. The first-order valence-electron chi connectivity index (χ1n) is 16.6. The Morgan fingerprint density at radius 3 is 2.56 bits per heavy atom. The monoisotopic (exact) mass is 649 g/mol. The molecule has 0 saturated heterocycles. The molecular formula is C39H48FN7O. The SMILES string of the molecule is C#CC1C(=C)C(N)=C1NCC1=C(F)CC=CC(CNC(=O)c2cc(C(=C)NCC34CCC(C(=C)C)(CC3)CC4)n(C)ccnc(C)n2)=C1. The van der Waals surface area contributed by atoms with Crippen LogP contribution in [-0.2, 0) is 7.05 Å². The van der Waals surface area contributed by atoms with Gasteiger partial charge in [0.2, 0.25) is 0 Å². The lowest BCUT2D eigenvalue weighted by Gasteiger charge is -2.54. The van der Waals surface area contributed by atoms with Crippen LogP contribution in [0.2, 0.25) is 0 Å². The van der Waals surface area contributed by atoms with Crippen LogP contribution in [0.25, 0.3) is 5.70 Å². The molecule has 1 heterocycles. The van der Waals surface area contributed by atoms with Gasteiger partial charge in [-0.1, -0.05) is 43.4 Å². The van der Waals surface area contributed by atoms with Gasteiger partial charge in [0.25, 0.3) is 5.91 Å². The Labute approximate surface area is 284 Å². The van der Waals surface area contributed by atoms with E-state index in [9.17, 15) is 9.18 Å². The predicted molar refractivity (Wildman–Crippen MR) is 191 cm³/mol. The summed E-state index contributed by atoms with van der Waals surface area (Å²) < 4.78 is 16.9. The minimum absolute atomic E-state index is 0.143. The third-order valence-corrected chi connectivity index (χ3v) is 10.7. The number of halogens is 1. The summed E-state index contributed by atoms with van der Waals surface area (Å²) in [7, 11) is 1.90. The molecule has 252 valence electrons. The molecule has 48 heavy (non-hydrogen) atoms. The van der Waals surface area contributed by atoms with Crippen molar-refractivity contribution in [1.29, 1.82) is 0 Å². The van der Waals surface area contributed by atoms with Gasteiger partial charge in [0.15, 0.2) is 0 Å². The largest absolute Gasteiger partial charge is 0.397 e. The summed E-state index contributed by atoms with van der Waals surface area (Å²) in [6.45, 7) is 17.7. The molecule has 1 amide bonds. The van der Waals surface area contributed by atoms with Gasteiger partial charge >= 0.3 is 0 Å². The van der Waals surface area contributed by atoms with Crippen LogP contribution in [0.15, 0.2) is 95.9 Å². The summed E-state index contributed by atoms with van der Waals surface area (Å²) in [6, 6.07) is 1.74. The van der Waals surface area contributed by atoms with Crippen LogP contribution in [0.5, 0.6) is 0 Å². The van der Waals surface area contributed by atoms with E-state index >= 15 is 0 Å². The van der Waals surface area contributed by atoms with E-state index in [4.69, 9.17) is 12.2 Å². The van der Waals surface area contributed by atoms with E-state index in [1.807, 2.05) is 23.9 Å². The smallest absolute Gasteiger partial charge is 0.270 e. The molecule has 5 aliphatic carbocycles. The number of hydrogen-bond acceptors (Lipinski definition) is 6. The fraction of sp³-hybridized carbons (Fsp3) is 0.410. The molecule has 0 aliphatic heterocycles. The zero-order valence-corrected chi connectivity index (χ0v) is 28.5. The van der Waals surface area contributed by atoms with Gasteiger partial charge in [-0.2, -0.15) is 0 Å². The topological polar surface area (TPSA) is 110 Å². The second kappa shape index (κ2) is 14.1. The number of rotatable bonds is 11. The number of amides is 1. The first kappa shape index (κ1) is 34.5. The second-order valence-corrected chi connectivity index (χ2v) is 13.7. The Bertz CT molecular complexity index is 1740. The summed E-state index contributed by atoms with van der Waals surface area (Å²) >= 11 is 0. The molecule has 1 aromatic rings. The number of carbonyl (C=O) groups excluding carboxylic acids is 1. The fourth-order valence-electron chi connectivity index (χ4n) is 7.24. The Morgan fingerprint density at radius 2 is 1.90 bits per heavy atom. The Balaban J connectivity index is 1.29. The molecule has 2 bridgehead atoms. The normalized spacial score (nSPS) is 24.5. The Morgan fingerprint density at radius 1 is 1.19 bits per heavy atom. The zero-order valence-electron chi connectivity index (χ0n) is 28.5. The fourth-order valence-corrected chi connectivity index (χ4v) is 7.24. The van der Waals surface area contributed by atoms with Crippen molar-refractivity contribution in [3.05, 3.63) is 113 Å². The minimum Gasteiger partial charge on any atom is -0.397 e. The van der Waals surface area contributed by atoms with Crippen LogP contribution in [-0.4, -0.2) is 40.1 Å². The summed E-state index contributed by atoms with van der Waals surface area (Å²) in [4.78, 5) is 22.5. The van der Waals surface area contributed by atoms with Gasteiger partial charge in [0.05, 0.1) is 28.7 Å². The van der Waals surface area contributed by atoms with Crippen molar-refractivity contribution in [2.24, 2.45) is 29.5 Å².